The third-order valence-corrected chi connectivity index (χ3v) is 3.36. The van der Waals surface area contributed by atoms with Gasteiger partial charge in [-0.2, -0.15) is 0 Å². The first-order chi connectivity index (χ1) is 7.36. The van der Waals surface area contributed by atoms with Crippen LogP contribution in [0.5, 0.6) is 0 Å². The molecule has 1 saturated heterocycles. The Labute approximate surface area is 89.9 Å². The van der Waals surface area contributed by atoms with Crippen LogP contribution in [0.2, 0.25) is 0 Å². The maximum Gasteiger partial charge on any atom is 0.0526 e. The maximum atomic E-state index is 3.57. The van der Waals surface area contributed by atoms with Crippen LogP contribution in [0.3, 0.4) is 0 Å². The van der Waals surface area contributed by atoms with Gasteiger partial charge >= 0.3 is 0 Å². The number of aryl methyl sites for hydroxylation is 1. The minimum atomic E-state index is 0.558. The highest BCUT2D eigenvalue weighted by Crippen LogP contribution is 2.29. The number of rotatable bonds is 1. The number of nitrogens with one attached hydrogen (secondary N) is 1. The Kier molecular flexibility index (Phi) is 2.03. The molecule has 0 bridgehead atoms. The average molecular weight is 200 g/mol. The van der Waals surface area contributed by atoms with Crippen molar-refractivity contribution in [2.45, 2.75) is 18.9 Å². The van der Waals surface area contributed by atoms with Gasteiger partial charge in [0, 0.05) is 19.3 Å². The third kappa shape index (κ3) is 1.37. The summed E-state index contributed by atoms with van der Waals surface area (Å²) in [6.07, 6.45) is 4.71. The van der Waals surface area contributed by atoms with Crippen molar-refractivity contribution < 1.29 is 0 Å². The summed E-state index contributed by atoms with van der Waals surface area (Å²) < 4.78 is 2.23. The van der Waals surface area contributed by atoms with Crippen LogP contribution in [0, 0.1) is 0 Å². The molecule has 0 radical (unpaired) electrons. The van der Waals surface area contributed by atoms with Crippen LogP contribution < -0.4 is 5.32 Å². The summed E-state index contributed by atoms with van der Waals surface area (Å²) in [6, 6.07) is 9.35. The summed E-state index contributed by atoms with van der Waals surface area (Å²) in [6.45, 7) is 1.16. The van der Waals surface area contributed by atoms with Gasteiger partial charge < -0.3 is 9.88 Å². The van der Waals surface area contributed by atoms with E-state index >= 15 is 0 Å². The zero-order valence-electron chi connectivity index (χ0n) is 9.03. The summed E-state index contributed by atoms with van der Waals surface area (Å²) in [5, 5.41) is 4.92. The number of benzene rings is 1. The molecule has 1 N–H and O–H groups in total. The van der Waals surface area contributed by atoms with Gasteiger partial charge in [-0.1, -0.05) is 18.2 Å². The molecule has 15 heavy (non-hydrogen) atoms. The fourth-order valence-corrected chi connectivity index (χ4v) is 2.62. The van der Waals surface area contributed by atoms with E-state index in [0.717, 1.165) is 6.54 Å². The molecule has 1 aliphatic heterocycles. The van der Waals surface area contributed by atoms with E-state index in [9.17, 15) is 0 Å². The van der Waals surface area contributed by atoms with Crippen molar-refractivity contribution in [3.63, 3.8) is 0 Å². The molecule has 2 heterocycles. The van der Waals surface area contributed by atoms with Crippen molar-refractivity contribution in [2.75, 3.05) is 6.54 Å². The topological polar surface area (TPSA) is 17.0 Å². The van der Waals surface area contributed by atoms with Crippen molar-refractivity contribution in [1.29, 1.82) is 0 Å². The minimum Gasteiger partial charge on any atom is -0.350 e. The molecule has 2 heteroatoms. The second-order valence-corrected chi connectivity index (χ2v) is 4.36. The molecule has 1 fully saturated rings. The molecule has 1 unspecified atom stereocenters. The van der Waals surface area contributed by atoms with Crippen LogP contribution in [0.1, 0.15) is 24.4 Å². The second-order valence-electron chi connectivity index (χ2n) is 4.36. The van der Waals surface area contributed by atoms with Gasteiger partial charge in [-0.05, 0) is 36.4 Å². The molecule has 1 aromatic carbocycles. The van der Waals surface area contributed by atoms with Gasteiger partial charge in [0.25, 0.3) is 0 Å². The number of hydrogen-bond acceptors (Lipinski definition) is 1. The highest BCUT2D eigenvalue weighted by Gasteiger charge is 2.18. The van der Waals surface area contributed by atoms with E-state index in [4.69, 9.17) is 0 Å². The number of aromatic nitrogens is 1. The normalized spacial score (nSPS) is 21.3. The van der Waals surface area contributed by atoms with Gasteiger partial charge in [0.05, 0.1) is 5.52 Å². The summed E-state index contributed by atoms with van der Waals surface area (Å²) >= 11 is 0. The van der Waals surface area contributed by atoms with E-state index in [2.05, 4.69) is 47.4 Å². The lowest BCUT2D eigenvalue weighted by atomic mass is 10.0. The zero-order chi connectivity index (χ0) is 10.3. The van der Waals surface area contributed by atoms with Gasteiger partial charge in [0.2, 0.25) is 0 Å². The average Bonchev–Trinajstić information content (AvgIpc) is 2.88. The molecule has 0 aliphatic carbocycles. The van der Waals surface area contributed by atoms with E-state index < -0.39 is 0 Å². The molecule has 2 aromatic rings. The van der Waals surface area contributed by atoms with Crippen molar-refractivity contribution in [3.8, 4) is 0 Å². The molecular formula is C13H16N2. The van der Waals surface area contributed by atoms with Crippen molar-refractivity contribution in [2.24, 2.45) is 7.05 Å². The Balaban J connectivity index is 2.19. The Morgan fingerprint density at radius 1 is 1.33 bits per heavy atom. The molecule has 1 aliphatic rings. The Bertz CT molecular complexity index is 478. The summed E-state index contributed by atoms with van der Waals surface area (Å²) in [5.41, 5.74) is 2.84. The van der Waals surface area contributed by atoms with E-state index in [1.807, 2.05) is 0 Å². The molecule has 0 spiro atoms. The number of para-hydroxylation sites is 1. The monoisotopic (exact) mass is 200 g/mol. The van der Waals surface area contributed by atoms with Crippen LogP contribution in [0.25, 0.3) is 10.9 Å². The summed E-state index contributed by atoms with van der Waals surface area (Å²) in [5.74, 6) is 0. The zero-order valence-corrected chi connectivity index (χ0v) is 9.03. The van der Waals surface area contributed by atoms with Gasteiger partial charge in [0.1, 0.15) is 0 Å². The van der Waals surface area contributed by atoms with Crippen molar-refractivity contribution in [3.05, 3.63) is 36.0 Å². The molecule has 3 rings (SSSR count). The Morgan fingerprint density at radius 2 is 2.27 bits per heavy atom. The van der Waals surface area contributed by atoms with Crippen molar-refractivity contribution in [1.82, 2.24) is 9.88 Å². The minimum absolute atomic E-state index is 0.558. The fourth-order valence-electron chi connectivity index (χ4n) is 2.62. The van der Waals surface area contributed by atoms with Crippen LogP contribution in [-0.4, -0.2) is 11.1 Å². The molecule has 1 aromatic heterocycles. The lowest BCUT2D eigenvalue weighted by molar-refractivity contribution is 0.649. The number of hydrogen-bond donors (Lipinski definition) is 1. The maximum absolute atomic E-state index is 3.57. The van der Waals surface area contributed by atoms with Gasteiger partial charge in [-0.3, -0.25) is 0 Å². The standard InChI is InChI=1S/C13H16N2/c1-15-9-7-10-4-2-5-11(13(10)15)12-6-3-8-14-12/h2,4-5,7,9,12,14H,3,6,8H2,1H3. The predicted molar refractivity (Wildman–Crippen MR) is 62.9 cm³/mol. The van der Waals surface area contributed by atoms with E-state index in [1.54, 1.807) is 0 Å². The highest BCUT2D eigenvalue weighted by atomic mass is 15.0. The van der Waals surface area contributed by atoms with Gasteiger partial charge in [-0.25, -0.2) is 0 Å². The largest absolute Gasteiger partial charge is 0.350 e. The molecule has 1 atom stereocenters. The Morgan fingerprint density at radius 3 is 3.07 bits per heavy atom. The first-order valence-electron chi connectivity index (χ1n) is 5.63. The first kappa shape index (κ1) is 8.98. The molecular weight excluding hydrogens is 184 g/mol. The number of fused-ring (bicyclic) bond motifs is 1. The van der Waals surface area contributed by atoms with E-state index in [-0.39, 0.29) is 0 Å². The lowest BCUT2D eigenvalue weighted by Gasteiger charge is -2.13. The van der Waals surface area contributed by atoms with Crippen LogP contribution >= 0.6 is 0 Å². The SMILES string of the molecule is Cn1ccc2cccc(C3CCCN3)c21. The lowest BCUT2D eigenvalue weighted by Crippen LogP contribution is -2.13. The van der Waals surface area contributed by atoms with Crippen LogP contribution in [0.4, 0.5) is 0 Å². The third-order valence-electron chi connectivity index (χ3n) is 3.36. The van der Waals surface area contributed by atoms with E-state index in [1.165, 1.54) is 29.3 Å². The quantitative estimate of drug-likeness (QED) is 0.748. The smallest absolute Gasteiger partial charge is 0.0526 e. The second kappa shape index (κ2) is 3.38. The van der Waals surface area contributed by atoms with Crippen LogP contribution in [-0.2, 0) is 7.05 Å². The van der Waals surface area contributed by atoms with Gasteiger partial charge in [0.15, 0.2) is 0 Å². The Hall–Kier alpha value is -1.28. The fraction of sp³-hybridized carbons (Fsp3) is 0.385. The van der Waals surface area contributed by atoms with Crippen molar-refractivity contribution >= 4 is 10.9 Å². The summed E-state index contributed by atoms with van der Waals surface area (Å²) in [7, 11) is 2.13. The summed E-state index contributed by atoms with van der Waals surface area (Å²) in [4.78, 5) is 0. The molecule has 2 nitrogen and oxygen atoms in total. The van der Waals surface area contributed by atoms with E-state index in [0.29, 0.717) is 6.04 Å². The molecule has 0 saturated carbocycles. The first-order valence-corrected chi connectivity index (χ1v) is 5.63. The van der Waals surface area contributed by atoms with Crippen LogP contribution in [0.15, 0.2) is 30.5 Å². The molecule has 78 valence electrons. The highest BCUT2D eigenvalue weighted by molar-refractivity contribution is 5.83. The molecule has 0 amide bonds. The predicted octanol–water partition coefficient (Wildman–Crippen LogP) is 2.60. The number of nitrogens with zero attached hydrogens (tertiary/aromatic N) is 1. The van der Waals surface area contributed by atoms with Gasteiger partial charge in [-0.15, -0.1) is 0 Å².